The minimum atomic E-state index is -0.407. The topological polar surface area (TPSA) is 100 Å². The third kappa shape index (κ3) is 5.45. The van der Waals surface area contributed by atoms with Crippen molar-refractivity contribution < 1.29 is 14.9 Å². The first kappa shape index (κ1) is 19.2. The molecule has 138 valence electrons. The predicted octanol–water partition coefficient (Wildman–Crippen LogP) is 3.88. The van der Waals surface area contributed by atoms with Crippen LogP contribution in [0.15, 0.2) is 53.6 Å². The zero-order chi connectivity index (χ0) is 18.8. The number of nitrogens with one attached hydrogen (secondary N) is 1. The normalized spacial score (nSPS) is 10.7. The quantitative estimate of drug-likeness (QED) is 0.289. The highest BCUT2D eigenvalue weighted by Crippen LogP contribution is 2.29. The summed E-state index contributed by atoms with van der Waals surface area (Å²) in [6.07, 6.45) is 4.14. The molecule has 8 nitrogen and oxygen atoms in total. The SMILES string of the molecule is COc1ccc(N(CCCCC=NNO)c2ccc([N+](=O)[O-])cc2)cc1. The van der Waals surface area contributed by atoms with Crippen LogP contribution in [0.4, 0.5) is 17.1 Å². The zero-order valence-corrected chi connectivity index (χ0v) is 14.5. The number of nitro groups is 1. The van der Waals surface area contributed by atoms with Crippen LogP contribution in [0.1, 0.15) is 19.3 Å². The van der Waals surface area contributed by atoms with Gasteiger partial charge in [-0.25, -0.2) is 0 Å². The number of hydrazone groups is 1. The van der Waals surface area contributed by atoms with Crippen LogP contribution in [0.25, 0.3) is 0 Å². The van der Waals surface area contributed by atoms with Crippen molar-refractivity contribution in [2.24, 2.45) is 5.10 Å². The molecule has 2 N–H and O–H groups in total. The minimum absolute atomic E-state index is 0.0659. The van der Waals surface area contributed by atoms with Gasteiger partial charge in [0.2, 0.25) is 0 Å². The summed E-state index contributed by atoms with van der Waals surface area (Å²) >= 11 is 0. The van der Waals surface area contributed by atoms with Crippen molar-refractivity contribution in [3.8, 4) is 5.75 Å². The van der Waals surface area contributed by atoms with E-state index in [1.54, 1.807) is 31.0 Å². The number of anilines is 2. The van der Waals surface area contributed by atoms with Crippen LogP contribution >= 0.6 is 0 Å². The second-order valence-corrected chi connectivity index (χ2v) is 5.53. The second-order valence-electron chi connectivity index (χ2n) is 5.53. The van der Waals surface area contributed by atoms with Gasteiger partial charge >= 0.3 is 0 Å². The van der Waals surface area contributed by atoms with Crippen molar-refractivity contribution in [2.45, 2.75) is 19.3 Å². The first-order valence-corrected chi connectivity index (χ1v) is 8.22. The first-order valence-electron chi connectivity index (χ1n) is 8.22. The molecule has 0 amide bonds. The van der Waals surface area contributed by atoms with Gasteiger partial charge < -0.3 is 9.64 Å². The van der Waals surface area contributed by atoms with Crippen molar-refractivity contribution in [3.63, 3.8) is 0 Å². The summed E-state index contributed by atoms with van der Waals surface area (Å²) in [6.45, 7) is 0.741. The van der Waals surface area contributed by atoms with E-state index in [1.807, 2.05) is 24.3 Å². The van der Waals surface area contributed by atoms with Crippen molar-refractivity contribution >= 4 is 23.3 Å². The highest BCUT2D eigenvalue weighted by Gasteiger charge is 2.12. The van der Waals surface area contributed by atoms with Crippen molar-refractivity contribution in [1.82, 2.24) is 5.59 Å². The molecule has 26 heavy (non-hydrogen) atoms. The summed E-state index contributed by atoms with van der Waals surface area (Å²) < 4.78 is 5.20. The Morgan fingerprint density at radius 1 is 1.15 bits per heavy atom. The maximum Gasteiger partial charge on any atom is 0.269 e. The molecule has 0 fully saturated rings. The maximum absolute atomic E-state index is 10.9. The summed E-state index contributed by atoms with van der Waals surface area (Å²) in [5.74, 6) is 0.769. The summed E-state index contributed by atoms with van der Waals surface area (Å²) in [4.78, 5) is 12.6. The molecular formula is C18H22N4O4. The summed E-state index contributed by atoms with van der Waals surface area (Å²) in [7, 11) is 1.62. The van der Waals surface area contributed by atoms with Gasteiger partial charge in [0, 0.05) is 36.3 Å². The lowest BCUT2D eigenvalue weighted by atomic mass is 10.2. The Morgan fingerprint density at radius 3 is 2.31 bits per heavy atom. The molecule has 0 atom stereocenters. The predicted molar refractivity (Wildman–Crippen MR) is 100 cm³/mol. The molecule has 0 radical (unpaired) electrons. The molecule has 2 rings (SSSR count). The average Bonchev–Trinajstić information content (AvgIpc) is 2.68. The Morgan fingerprint density at radius 2 is 1.77 bits per heavy atom. The number of unbranched alkanes of at least 4 members (excludes halogenated alkanes) is 2. The van der Waals surface area contributed by atoms with Crippen LogP contribution in [0.5, 0.6) is 5.75 Å². The van der Waals surface area contributed by atoms with Crippen molar-refractivity contribution in [1.29, 1.82) is 0 Å². The minimum Gasteiger partial charge on any atom is -0.497 e. The fourth-order valence-corrected chi connectivity index (χ4v) is 2.53. The molecule has 0 heterocycles. The lowest BCUT2D eigenvalue weighted by Crippen LogP contribution is -2.18. The molecule has 0 unspecified atom stereocenters. The fourth-order valence-electron chi connectivity index (χ4n) is 2.53. The van der Waals surface area contributed by atoms with Crippen LogP contribution in [0, 0.1) is 10.1 Å². The Bertz CT molecular complexity index is 717. The smallest absolute Gasteiger partial charge is 0.269 e. The number of hydrogen-bond donors (Lipinski definition) is 2. The maximum atomic E-state index is 10.9. The van der Waals surface area contributed by atoms with E-state index in [9.17, 15) is 10.1 Å². The first-order chi connectivity index (χ1) is 12.7. The van der Waals surface area contributed by atoms with Crippen LogP contribution in [-0.4, -0.2) is 30.0 Å². The van der Waals surface area contributed by atoms with E-state index < -0.39 is 4.92 Å². The van der Waals surface area contributed by atoms with E-state index in [0.29, 0.717) is 0 Å². The van der Waals surface area contributed by atoms with E-state index in [2.05, 4.69) is 10.0 Å². The molecular weight excluding hydrogens is 336 g/mol. The zero-order valence-electron chi connectivity index (χ0n) is 14.5. The van der Waals surface area contributed by atoms with Crippen LogP contribution in [0.3, 0.4) is 0 Å². The van der Waals surface area contributed by atoms with E-state index in [4.69, 9.17) is 9.94 Å². The van der Waals surface area contributed by atoms with Gasteiger partial charge in [-0.15, -0.1) is 0 Å². The number of nitrogens with zero attached hydrogens (tertiary/aromatic N) is 3. The molecule has 0 bridgehead atoms. The molecule has 2 aromatic rings. The number of ether oxygens (including phenoxy) is 1. The molecule has 0 saturated heterocycles. The fraction of sp³-hybridized carbons (Fsp3) is 0.278. The molecule has 2 aromatic carbocycles. The highest BCUT2D eigenvalue weighted by atomic mass is 16.6. The Hall–Kier alpha value is -3.13. The Labute approximate surface area is 151 Å². The summed E-state index contributed by atoms with van der Waals surface area (Å²) in [5, 5.41) is 22.8. The summed E-state index contributed by atoms with van der Waals surface area (Å²) in [5.41, 5.74) is 3.66. The lowest BCUT2D eigenvalue weighted by molar-refractivity contribution is -0.384. The van der Waals surface area contributed by atoms with E-state index in [1.165, 1.54) is 12.1 Å². The largest absolute Gasteiger partial charge is 0.497 e. The third-order valence-corrected chi connectivity index (χ3v) is 3.87. The Balaban J connectivity index is 2.14. The van der Waals surface area contributed by atoms with Crippen molar-refractivity contribution in [3.05, 3.63) is 58.6 Å². The van der Waals surface area contributed by atoms with E-state index >= 15 is 0 Å². The number of hydrogen-bond acceptors (Lipinski definition) is 7. The molecule has 0 aliphatic rings. The average molecular weight is 358 g/mol. The van der Waals surface area contributed by atoms with Gasteiger partial charge in [-0.3, -0.25) is 15.3 Å². The third-order valence-electron chi connectivity index (χ3n) is 3.87. The molecule has 0 aliphatic heterocycles. The van der Waals surface area contributed by atoms with Gasteiger partial charge in [0.25, 0.3) is 5.69 Å². The molecule has 0 saturated carbocycles. The van der Waals surface area contributed by atoms with Crippen LogP contribution < -0.4 is 15.2 Å². The van der Waals surface area contributed by atoms with Gasteiger partial charge in [-0.1, -0.05) is 0 Å². The standard InChI is InChI=1S/C18H22N4O4/c1-26-18-11-9-16(10-12-18)21(14-4-2-3-13-19-20-23)15-5-7-17(8-6-15)22(24)25/h5-13,20,23H,2-4,14H2,1H3. The molecule has 0 aliphatic carbocycles. The number of methoxy groups -OCH3 is 1. The van der Waals surface area contributed by atoms with Gasteiger partial charge in [0.05, 0.1) is 12.0 Å². The van der Waals surface area contributed by atoms with E-state index in [0.717, 1.165) is 42.9 Å². The number of non-ortho nitro benzene ring substituents is 1. The van der Waals surface area contributed by atoms with Crippen molar-refractivity contribution in [2.75, 3.05) is 18.6 Å². The van der Waals surface area contributed by atoms with Crippen LogP contribution in [-0.2, 0) is 0 Å². The molecule has 8 heteroatoms. The molecule has 0 spiro atoms. The van der Waals surface area contributed by atoms with Gasteiger partial charge in [-0.05, 0) is 55.7 Å². The summed E-state index contributed by atoms with van der Waals surface area (Å²) in [6, 6.07) is 14.2. The highest BCUT2D eigenvalue weighted by molar-refractivity contribution is 5.65. The second kappa shape index (κ2) is 10.00. The Kier molecular flexibility index (Phi) is 7.38. The monoisotopic (exact) mass is 358 g/mol. The van der Waals surface area contributed by atoms with Gasteiger partial charge in [0.1, 0.15) is 5.75 Å². The molecule has 0 aromatic heterocycles. The van der Waals surface area contributed by atoms with Gasteiger partial charge in [-0.2, -0.15) is 10.7 Å². The number of nitro benzene ring substituents is 1. The van der Waals surface area contributed by atoms with Crippen LogP contribution in [0.2, 0.25) is 0 Å². The lowest BCUT2D eigenvalue weighted by Gasteiger charge is -2.25. The van der Waals surface area contributed by atoms with Gasteiger partial charge in [0.15, 0.2) is 0 Å². The van der Waals surface area contributed by atoms with E-state index in [-0.39, 0.29) is 5.69 Å². The number of benzene rings is 2. The number of rotatable bonds is 10.